The zero-order valence-corrected chi connectivity index (χ0v) is 45.6. The Morgan fingerprint density at radius 2 is 0.828 bits per heavy atom. The van der Waals surface area contributed by atoms with Crippen LogP contribution in [0.25, 0.3) is 45.0 Å². The van der Waals surface area contributed by atoms with E-state index in [2.05, 4.69) is 135 Å². The second-order valence-electron chi connectivity index (χ2n) is 12.8. The Labute approximate surface area is 424 Å². The van der Waals surface area contributed by atoms with Gasteiger partial charge >= 0.3 is 0 Å². The zero-order valence-electron chi connectivity index (χ0n) is 36.0. The Balaban J connectivity index is 0.000000161. The minimum absolute atomic E-state index is 0.612. The molecule has 8 aromatic rings. The van der Waals surface area contributed by atoms with Crippen LogP contribution in [-0.2, 0) is 6.42 Å². The molecule has 4 aromatic heterocycles. The lowest BCUT2D eigenvalue weighted by molar-refractivity contribution is 0.338. The lowest BCUT2D eigenvalue weighted by Crippen LogP contribution is -1.97. The smallest absolute Gasteiger partial charge is 0.144 e. The average Bonchev–Trinajstić information content (AvgIpc) is 4.18. The van der Waals surface area contributed by atoms with E-state index in [1.54, 1.807) is 79.2 Å². The summed E-state index contributed by atoms with van der Waals surface area (Å²) >= 11 is 20.8. The van der Waals surface area contributed by atoms with Gasteiger partial charge in [0.2, 0.25) is 0 Å². The number of nitrogens with zero attached hydrogens (tertiary/aromatic N) is 4. The average molecular weight is 1200 g/mol. The van der Waals surface area contributed by atoms with E-state index in [-0.39, 0.29) is 0 Å². The summed E-state index contributed by atoms with van der Waals surface area (Å²) in [6, 6.07) is 23.8. The second-order valence-corrected chi connectivity index (χ2v) is 19.6. The fourth-order valence-electron chi connectivity index (χ4n) is 6.30. The maximum absolute atomic E-state index is 5.69. The molecule has 0 N–H and O–H groups in total. The summed E-state index contributed by atoms with van der Waals surface area (Å²) in [6.07, 6.45) is 15.5. The van der Waals surface area contributed by atoms with Crippen LogP contribution in [0.4, 0.5) is 0 Å². The molecule has 18 heteroatoms. The number of hydrogen-bond acceptors (Lipinski definition) is 14. The van der Waals surface area contributed by atoms with Crippen LogP contribution >= 0.6 is 111 Å². The highest BCUT2D eigenvalue weighted by Gasteiger charge is 2.19. The highest BCUT2D eigenvalue weighted by Crippen LogP contribution is 2.44. The number of rotatable bonds is 12. The molecule has 0 aliphatic carbocycles. The van der Waals surface area contributed by atoms with Crippen molar-refractivity contribution in [2.45, 2.75) is 46.8 Å². The highest BCUT2D eigenvalue weighted by atomic mass is 79.9. The van der Waals surface area contributed by atoms with E-state index in [9.17, 15) is 0 Å². The lowest BCUT2D eigenvalue weighted by Gasteiger charge is -2.13. The summed E-state index contributed by atoms with van der Waals surface area (Å²) in [7, 11) is 1.65. The van der Waals surface area contributed by atoms with Crippen LogP contribution in [0.2, 0.25) is 0 Å². The van der Waals surface area contributed by atoms with Gasteiger partial charge in [-0.3, -0.25) is 0 Å². The Hall–Kier alpha value is -3.36. The van der Waals surface area contributed by atoms with Crippen molar-refractivity contribution < 1.29 is 27.6 Å². The van der Waals surface area contributed by atoms with E-state index in [0.717, 1.165) is 85.1 Å². The molecule has 0 amide bonds. The largest absolute Gasteiger partial charge is 0.495 e. The van der Waals surface area contributed by atoms with Gasteiger partial charge in [0.15, 0.2) is 0 Å². The second kappa shape index (κ2) is 26.1. The Morgan fingerprint density at radius 1 is 0.469 bits per heavy atom. The first kappa shape index (κ1) is 51.6. The molecule has 0 unspecified atom stereocenters. The van der Waals surface area contributed by atoms with Gasteiger partial charge in [0.05, 0.1) is 33.8 Å². The molecule has 0 fully saturated rings. The van der Waals surface area contributed by atoms with Crippen LogP contribution in [0.15, 0.2) is 153 Å². The molecular weight excluding hydrogens is 1150 g/mol. The molecule has 64 heavy (non-hydrogen) atoms. The molecule has 8 rings (SSSR count). The molecule has 4 heterocycles. The van der Waals surface area contributed by atoms with Crippen LogP contribution in [0.1, 0.15) is 25.0 Å². The summed E-state index contributed by atoms with van der Waals surface area (Å²) in [5.74, 6) is 1.59. The third kappa shape index (κ3) is 12.7. The number of aromatic nitrogens is 4. The van der Waals surface area contributed by atoms with Crippen molar-refractivity contribution in [3.8, 4) is 56.5 Å². The molecule has 0 radical (unpaired) electrons. The summed E-state index contributed by atoms with van der Waals surface area (Å²) in [5.41, 5.74) is 10.1. The third-order valence-corrected chi connectivity index (χ3v) is 15.2. The van der Waals surface area contributed by atoms with E-state index in [0.29, 0.717) is 6.61 Å². The third-order valence-electron chi connectivity index (χ3n) is 9.22. The van der Waals surface area contributed by atoms with Gasteiger partial charge < -0.3 is 27.6 Å². The van der Waals surface area contributed by atoms with Gasteiger partial charge in [-0.1, -0.05) is 59.4 Å². The lowest BCUT2D eigenvalue weighted by atomic mass is 10.0. The highest BCUT2D eigenvalue weighted by molar-refractivity contribution is 9.11. The Bertz CT molecular complexity index is 2580. The Kier molecular flexibility index (Phi) is 21.1. The fourth-order valence-corrected chi connectivity index (χ4v) is 10.7. The molecular formula is C46H44Br4N4O6S4. The molecule has 0 aliphatic heterocycles. The molecule has 336 valence electrons. The molecule has 0 spiro atoms. The van der Waals surface area contributed by atoms with Crippen molar-refractivity contribution in [1.82, 2.24) is 20.6 Å². The molecule has 10 nitrogen and oxygen atoms in total. The van der Waals surface area contributed by atoms with E-state index in [1.807, 2.05) is 68.0 Å². The molecule has 0 aliphatic rings. The van der Waals surface area contributed by atoms with Gasteiger partial charge in [-0.2, -0.15) is 0 Å². The van der Waals surface area contributed by atoms with Gasteiger partial charge in [0, 0.05) is 63.9 Å². The number of ether oxygens (including phenoxy) is 2. The predicted octanol–water partition coefficient (Wildman–Crippen LogP) is 16.6. The van der Waals surface area contributed by atoms with Crippen molar-refractivity contribution in [3.05, 3.63) is 127 Å². The number of halogens is 4. The van der Waals surface area contributed by atoms with Crippen molar-refractivity contribution in [2.75, 3.05) is 38.7 Å². The van der Waals surface area contributed by atoms with E-state index in [4.69, 9.17) is 27.6 Å². The van der Waals surface area contributed by atoms with Gasteiger partial charge in [-0.25, -0.2) is 0 Å². The van der Waals surface area contributed by atoms with Crippen molar-refractivity contribution >= 4 is 111 Å². The van der Waals surface area contributed by atoms with E-state index < -0.39 is 0 Å². The van der Waals surface area contributed by atoms with Crippen molar-refractivity contribution in [3.63, 3.8) is 0 Å². The zero-order chi connectivity index (χ0) is 46.2. The molecule has 0 bridgehead atoms. The first-order valence-corrected chi connectivity index (χ1v) is 27.3. The SMILES string of the molecule is CCOc1c(Br)ccc(SC)c1-c1ccon1.CCc1c(Br)ccc(SC)c1-c1ccon1.COc1c(Br)ccc(SC)c1-c1ccon1.CSc1ccc(Br)c(C)c1-c1ccon1. The Morgan fingerprint density at radius 3 is 1.22 bits per heavy atom. The number of benzene rings is 4. The summed E-state index contributed by atoms with van der Waals surface area (Å²) < 4.78 is 34.8. The summed E-state index contributed by atoms with van der Waals surface area (Å²) in [6.45, 7) is 6.80. The first-order valence-electron chi connectivity index (χ1n) is 19.3. The number of thioether (sulfide) groups is 4. The maximum Gasteiger partial charge on any atom is 0.144 e. The van der Waals surface area contributed by atoms with Gasteiger partial charge in [-0.05, 0) is 137 Å². The van der Waals surface area contributed by atoms with Gasteiger partial charge in [-0.15, -0.1) is 47.0 Å². The van der Waals surface area contributed by atoms with E-state index >= 15 is 0 Å². The van der Waals surface area contributed by atoms with Crippen LogP contribution in [0, 0.1) is 6.92 Å². The monoisotopic (exact) mass is 1190 g/mol. The first-order chi connectivity index (χ1) is 31.1. The minimum Gasteiger partial charge on any atom is -0.495 e. The van der Waals surface area contributed by atoms with Crippen LogP contribution in [0.3, 0.4) is 0 Å². The number of methoxy groups -OCH3 is 1. The minimum atomic E-state index is 0.612. The topological polar surface area (TPSA) is 123 Å². The van der Waals surface area contributed by atoms with Crippen LogP contribution in [0.5, 0.6) is 11.5 Å². The molecule has 0 saturated carbocycles. The van der Waals surface area contributed by atoms with Crippen LogP contribution < -0.4 is 9.47 Å². The van der Waals surface area contributed by atoms with Gasteiger partial charge in [0.25, 0.3) is 0 Å². The molecule has 0 atom stereocenters. The summed E-state index contributed by atoms with van der Waals surface area (Å²) in [5, 5.41) is 16.0. The van der Waals surface area contributed by atoms with Crippen molar-refractivity contribution in [2.24, 2.45) is 0 Å². The van der Waals surface area contributed by atoms with E-state index in [1.165, 1.54) is 26.5 Å². The fraction of sp³-hybridized carbons (Fsp3) is 0.217. The maximum atomic E-state index is 5.69. The van der Waals surface area contributed by atoms with Crippen LogP contribution in [-0.4, -0.2) is 59.4 Å². The molecule has 4 aromatic carbocycles. The normalized spacial score (nSPS) is 10.6. The standard InChI is InChI=1S/C12H12BrNO2S.C12H12BrNOS.C11H10BrNO2S.C11H10BrNOS/c1-3-15-12-8(13)4-5-10(17-2)11(12)9-6-7-16-14-9;1-3-8-9(13)4-5-11(16-2)12(8)10-6-7-15-14-10;1-14-11-7(12)3-4-9(16-2)10(11)8-5-6-15-13-8;1-7-8(12)3-4-10(15-2)11(7)9-5-6-14-13-9/h4-7H,3H2,1-2H3;4-7H,3H2,1-2H3;3-6H,1-2H3;3-6H,1-2H3. The summed E-state index contributed by atoms with van der Waals surface area (Å²) in [4.78, 5) is 4.66. The predicted molar refractivity (Wildman–Crippen MR) is 278 cm³/mol. The quantitative estimate of drug-likeness (QED) is 0.108. The van der Waals surface area contributed by atoms with Crippen molar-refractivity contribution in [1.29, 1.82) is 0 Å². The molecule has 0 saturated heterocycles. The van der Waals surface area contributed by atoms with Gasteiger partial charge in [0.1, 0.15) is 59.3 Å². The number of hydrogen-bond donors (Lipinski definition) is 0.